The number of rotatable bonds is 8. The molecule has 4 aromatic rings. The Labute approximate surface area is 200 Å². The molecule has 164 valence electrons. The quantitative estimate of drug-likeness (QED) is 0.221. The summed E-state index contributed by atoms with van der Waals surface area (Å²) in [4.78, 5) is 41.8. The van der Waals surface area contributed by atoms with Gasteiger partial charge in [-0.25, -0.2) is 0 Å². The van der Waals surface area contributed by atoms with E-state index in [1.54, 1.807) is 34.8 Å². The van der Waals surface area contributed by atoms with Crippen LogP contribution in [0.2, 0.25) is 0 Å². The van der Waals surface area contributed by atoms with Crippen molar-refractivity contribution in [2.75, 3.05) is 14.2 Å². The van der Waals surface area contributed by atoms with Crippen molar-refractivity contribution in [2.45, 2.75) is 12.8 Å². The van der Waals surface area contributed by atoms with Crippen LogP contribution in [0.15, 0.2) is 47.2 Å². The highest BCUT2D eigenvalue weighted by atomic mass is 32.1. The van der Waals surface area contributed by atoms with Gasteiger partial charge in [0, 0.05) is 19.5 Å². The minimum absolute atomic E-state index is 0.0437. The lowest BCUT2D eigenvalue weighted by Gasteiger charge is -2.02. The minimum Gasteiger partial charge on any atom is -0.469 e. The van der Waals surface area contributed by atoms with Crippen LogP contribution in [0.1, 0.15) is 25.7 Å². The summed E-state index contributed by atoms with van der Waals surface area (Å²) in [5.74, 6) is -0.677. The minimum atomic E-state index is -0.352. The van der Waals surface area contributed by atoms with E-state index in [-0.39, 0.29) is 30.6 Å². The van der Waals surface area contributed by atoms with Crippen LogP contribution >= 0.6 is 45.3 Å². The van der Waals surface area contributed by atoms with E-state index in [1.807, 2.05) is 35.0 Å². The number of esters is 2. The monoisotopic (exact) mass is 502 g/mol. The number of hydrogen-bond acceptors (Lipinski definition) is 9. The molecule has 0 fully saturated rings. The average Bonchev–Trinajstić information content (AvgIpc) is 3.59. The molecule has 0 N–H and O–H groups in total. The van der Waals surface area contributed by atoms with E-state index in [0.29, 0.717) is 9.75 Å². The second kappa shape index (κ2) is 9.91. The first-order valence-corrected chi connectivity index (χ1v) is 12.9. The number of carbonyl (C=O) groups is 3. The van der Waals surface area contributed by atoms with E-state index in [4.69, 9.17) is 9.47 Å². The first-order valence-electron chi connectivity index (χ1n) is 9.51. The molecule has 32 heavy (non-hydrogen) atoms. The highest BCUT2D eigenvalue weighted by Crippen LogP contribution is 2.43. The first-order chi connectivity index (χ1) is 15.5. The Hall–Kier alpha value is -2.59. The smallest absolute Gasteiger partial charge is 0.310 e. The van der Waals surface area contributed by atoms with E-state index in [0.717, 1.165) is 30.6 Å². The third-order valence-corrected chi connectivity index (χ3v) is 9.15. The summed E-state index contributed by atoms with van der Waals surface area (Å²) in [5, 5.41) is 3.83. The third-order valence-electron chi connectivity index (χ3n) is 4.70. The van der Waals surface area contributed by atoms with Crippen molar-refractivity contribution in [3.63, 3.8) is 0 Å². The lowest BCUT2D eigenvalue weighted by atomic mass is 10.1. The summed E-state index contributed by atoms with van der Waals surface area (Å²) in [7, 11) is 2.74. The number of carbonyl (C=O) groups excluding carboxylic acids is 3. The molecular formula is C23H18O5S4. The molecule has 0 spiro atoms. The summed E-state index contributed by atoms with van der Waals surface area (Å²) >= 11 is 5.93. The van der Waals surface area contributed by atoms with Crippen molar-refractivity contribution >= 4 is 63.1 Å². The van der Waals surface area contributed by atoms with Crippen LogP contribution < -0.4 is 0 Å². The van der Waals surface area contributed by atoms with Gasteiger partial charge in [-0.2, -0.15) is 0 Å². The molecular weight excluding hydrogens is 485 g/mol. The largest absolute Gasteiger partial charge is 0.469 e. The van der Waals surface area contributed by atoms with E-state index in [2.05, 4.69) is 0 Å². The van der Waals surface area contributed by atoms with Gasteiger partial charge in [0.05, 0.1) is 36.8 Å². The fraction of sp³-hybridized carbons (Fsp3) is 0.174. The zero-order valence-corrected chi connectivity index (χ0v) is 20.5. The second-order valence-corrected chi connectivity index (χ2v) is 10.7. The van der Waals surface area contributed by atoms with Gasteiger partial charge in [-0.1, -0.05) is 6.07 Å². The van der Waals surface area contributed by atoms with Gasteiger partial charge in [-0.3, -0.25) is 14.4 Å². The zero-order valence-electron chi connectivity index (χ0n) is 17.2. The van der Waals surface area contributed by atoms with Crippen LogP contribution in [0, 0.1) is 0 Å². The Morgan fingerprint density at radius 1 is 0.750 bits per heavy atom. The highest BCUT2D eigenvalue weighted by Gasteiger charge is 2.22. The maximum atomic E-state index is 12.9. The Kier molecular flexibility index (Phi) is 7.00. The van der Waals surface area contributed by atoms with Crippen LogP contribution in [-0.2, 0) is 31.9 Å². The molecule has 0 aromatic carbocycles. The van der Waals surface area contributed by atoms with E-state index >= 15 is 0 Å². The van der Waals surface area contributed by atoms with Crippen LogP contribution in [-0.4, -0.2) is 31.9 Å². The Bertz CT molecular complexity index is 1260. The van der Waals surface area contributed by atoms with Crippen molar-refractivity contribution in [1.29, 1.82) is 0 Å². The maximum Gasteiger partial charge on any atom is 0.310 e. The van der Waals surface area contributed by atoms with Gasteiger partial charge >= 0.3 is 11.9 Å². The molecule has 0 unspecified atom stereocenters. The van der Waals surface area contributed by atoms with Crippen LogP contribution in [0.3, 0.4) is 0 Å². The zero-order chi connectivity index (χ0) is 22.7. The van der Waals surface area contributed by atoms with Crippen molar-refractivity contribution in [2.24, 2.45) is 0 Å². The van der Waals surface area contributed by atoms with Gasteiger partial charge in [0.15, 0.2) is 0 Å². The summed E-state index contributed by atoms with van der Waals surface area (Å²) in [5.41, 5.74) is 1.70. The number of methoxy groups -OCH3 is 2. The van der Waals surface area contributed by atoms with Gasteiger partial charge < -0.3 is 9.47 Å². The van der Waals surface area contributed by atoms with Gasteiger partial charge in [0.2, 0.25) is 5.78 Å². The molecule has 0 aliphatic rings. The topological polar surface area (TPSA) is 69.7 Å². The molecule has 0 amide bonds. The van der Waals surface area contributed by atoms with Gasteiger partial charge in [0.25, 0.3) is 0 Å². The predicted octanol–water partition coefficient (Wildman–Crippen LogP) is 5.93. The predicted molar refractivity (Wildman–Crippen MR) is 130 cm³/mol. The molecule has 0 saturated carbocycles. The summed E-state index contributed by atoms with van der Waals surface area (Å²) in [6, 6.07) is 11.4. The number of thiophene rings is 4. The van der Waals surface area contributed by atoms with Gasteiger partial charge in [-0.05, 0) is 52.2 Å². The molecule has 0 atom stereocenters. The standard InChI is InChI=1S/C23H18O5S4/c1-27-19(24)11-13-7-9-30-22(13)16-5-6-17(31-16)23-14(12-20(25)28-2)10-18(32-23)21(26)15-4-3-8-29-15/h3-10H,11-12H2,1-2H3. The summed E-state index contributed by atoms with van der Waals surface area (Å²) in [6.45, 7) is 0. The van der Waals surface area contributed by atoms with Crippen LogP contribution in [0.25, 0.3) is 19.5 Å². The van der Waals surface area contributed by atoms with Crippen molar-refractivity contribution in [3.05, 3.63) is 68.0 Å². The maximum absolute atomic E-state index is 12.9. The number of hydrogen-bond donors (Lipinski definition) is 0. The second-order valence-electron chi connectivity index (χ2n) is 6.72. The fourth-order valence-electron chi connectivity index (χ4n) is 3.14. The lowest BCUT2D eigenvalue weighted by molar-refractivity contribution is -0.140. The summed E-state index contributed by atoms with van der Waals surface area (Å²) in [6.07, 6.45) is 0.314. The van der Waals surface area contributed by atoms with Gasteiger partial charge in [-0.15, -0.1) is 45.3 Å². The SMILES string of the molecule is COC(=O)Cc1ccsc1-c1ccc(-c2sc(C(=O)c3cccs3)cc2CC(=O)OC)s1. The van der Waals surface area contributed by atoms with Crippen molar-refractivity contribution in [1.82, 2.24) is 0 Å². The van der Waals surface area contributed by atoms with Crippen molar-refractivity contribution in [3.8, 4) is 19.5 Å². The molecule has 0 aliphatic carbocycles. The third kappa shape index (κ3) is 4.75. The van der Waals surface area contributed by atoms with E-state index in [1.165, 1.54) is 36.9 Å². The highest BCUT2D eigenvalue weighted by molar-refractivity contribution is 7.27. The van der Waals surface area contributed by atoms with Crippen LogP contribution in [0.4, 0.5) is 0 Å². The Morgan fingerprint density at radius 2 is 1.44 bits per heavy atom. The molecule has 5 nitrogen and oxygen atoms in total. The molecule has 9 heteroatoms. The fourth-order valence-corrected chi connectivity index (χ4v) is 7.26. The molecule has 0 aliphatic heterocycles. The lowest BCUT2D eigenvalue weighted by Crippen LogP contribution is -2.04. The first kappa shape index (κ1) is 22.6. The number of ether oxygens (including phenoxy) is 2. The Morgan fingerprint density at radius 3 is 2.09 bits per heavy atom. The molecule has 0 saturated heterocycles. The molecule has 0 bridgehead atoms. The van der Waals surface area contributed by atoms with Crippen molar-refractivity contribution < 1.29 is 23.9 Å². The molecule has 4 aromatic heterocycles. The van der Waals surface area contributed by atoms with Crippen LogP contribution in [0.5, 0.6) is 0 Å². The normalized spacial score (nSPS) is 10.8. The van der Waals surface area contributed by atoms with E-state index in [9.17, 15) is 14.4 Å². The number of ketones is 1. The summed E-state index contributed by atoms with van der Waals surface area (Å²) < 4.78 is 9.66. The molecule has 4 rings (SSSR count). The average molecular weight is 503 g/mol. The Balaban J connectivity index is 1.70. The van der Waals surface area contributed by atoms with E-state index < -0.39 is 0 Å². The van der Waals surface area contributed by atoms with Gasteiger partial charge in [0.1, 0.15) is 0 Å². The molecule has 0 radical (unpaired) electrons. The molecule has 4 heterocycles.